The summed E-state index contributed by atoms with van der Waals surface area (Å²) in [5, 5.41) is 4.16. The summed E-state index contributed by atoms with van der Waals surface area (Å²) in [6.45, 7) is 4.59. The highest BCUT2D eigenvalue weighted by atomic mass is 16.2. The molecule has 1 saturated heterocycles. The average Bonchev–Trinajstić information content (AvgIpc) is 3.13. The van der Waals surface area contributed by atoms with E-state index >= 15 is 0 Å². The second kappa shape index (κ2) is 7.07. The zero-order chi connectivity index (χ0) is 17.1. The number of aromatic nitrogens is 1. The lowest BCUT2D eigenvalue weighted by molar-refractivity contribution is -0.136. The van der Waals surface area contributed by atoms with Gasteiger partial charge in [0.25, 0.3) is 0 Å². The molecule has 2 unspecified atom stereocenters. The van der Waals surface area contributed by atoms with Crippen molar-refractivity contribution in [3.8, 4) is 0 Å². The van der Waals surface area contributed by atoms with Gasteiger partial charge in [0.1, 0.15) is 6.04 Å². The molecule has 0 radical (unpaired) electrons. The number of carbonyl (C=O) groups is 2. The molecule has 2 heterocycles. The second-order valence-corrected chi connectivity index (χ2v) is 6.63. The van der Waals surface area contributed by atoms with Crippen molar-refractivity contribution >= 4 is 22.7 Å². The molecule has 128 valence electrons. The van der Waals surface area contributed by atoms with Crippen molar-refractivity contribution in [2.24, 2.45) is 0 Å². The van der Waals surface area contributed by atoms with E-state index < -0.39 is 0 Å². The van der Waals surface area contributed by atoms with Crippen LogP contribution in [-0.4, -0.2) is 33.8 Å². The third kappa shape index (κ3) is 3.30. The van der Waals surface area contributed by atoms with Gasteiger partial charge in [0.15, 0.2) is 0 Å². The summed E-state index contributed by atoms with van der Waals surface area (Å²) in [6, 6.07) is 7.82. The molecule has 1 aromatic heterocycles. The minimum absolute atomic E-state index is 0.0263. The summed E-state index contributed by atoms with van der Waals surface area (Å²) >= 11 is 0. The summed E-state index contributed by atoms with van der Waals surface area (Å²) in [5.41, 5.74) is 2.11. The summed E-state index contributed by atoms with van der Waals surface area (Å²) in [4.78, 5) is 29.8. The number of hydrogen-bond donors (Lipinski definition) is 2. The van der Waals surface area contributed by atoms with E-state index in [1.165, 1.54) is 0 Å². The molecule has 5 nitrogen and oxygen atoms in total. The first-order chi connectivity index (χ1) is 11.6. The number of para-hydroxylation sites is 1. The van der Waals surface area contributed by atoms with Crippen LogP contribution in [0, 0.1) is 0 Å². The van der Waals surface area contributed by atoms with Gasteiger partial charge in [-0.2, -0.15) is 0 Å². The Morgan fingerprint density at radius 3 is 3.00 bits per heavy atom. The second-order valence-electron chi connectivity index (χ2n) is 6.63. The van der Waals surface area contributed by atoms with Gasteiger partial charge in [-0.25, -0.2) is 0 Å². The first-order valence-electron chi connectivity index (χ1n) is 8.75. The number of H-pyrrole nitrogens is 1. The molecule has 2 amide bonds. The van der Waals surface area contributed by atoms with Crippen molar-refractivity contribution < 1.29 is 9.59 Å². The number of nitrogens with one attached hydrogen (secondary N) is 2. The van der Waals surface area contributed by atoms with Gasteiger partial charge in [-0.1, -0.05) is 31.5 Å². The fraction of sp³-hybridized carbons (Fsp3) is 0.474. The Labute approximate surface area is 142 Å². The minimum atomic E-state index is -0.356. The lowest BCUT2D eigenvalue weighted by atomic mass is 10.1. The first-order valence-corrected chi connectivity index (χ1v) is 8.75. The standard InChI is InChI=1S/C19H25N3O2/c1-3-6-13(2)21-19(24)17-9-10-18(23)22(17)12-14-11-20-16-8-5-4-7-15(14)16/h4-5,7-8,11,13,17,20H,3,6,9-10,12H2,1-2H3,(H,21,24). The number of likely N-dealkylation sites (tertiary alicyclic amines) is 1. The smallest absolute Gasteiger partial charge is 0.243 e. The van der Waals surface area contributed by atoms with Crippen molar-refractivity contribution in [2.75, 3.05) is 0 Å². The minimum Gasteiger partial charge on any atom is -0.361 e. The number of aromatic amines is 1. The molecule has 1 aliphatic heterocycles. The van der Waals surface area contributed by atoms with E-state index in [1.807, 2.05) is 37.4 Å². The normalized spacial score (nSPS) is 19.0. The highest BCUT2D eigenvalue weighted by Gasteiger charge is 2.36. The molecule has 0 bridgehead atoms. The Morgan fingerprint density at radius 2 is 2.21 bits per heavy atom. The fourth-order valence-electron chi connectivity index (χ4n) is 3.49. The van der Waals surface area contributed by atoms with Crippen LogP contribution in [0.4, 0.5) is 0 Å². The van der Waals surface area contributed by atoms with Crippen LogP contribution in [-0.2, 0) is 16.1 Å². The number of carbonyl (C=O) groups excluding carboxylic acids is 2. The molecule has 24 heavy (non-hydrogen) atoms. The van der Waals surface area contributed by atoms with Gasteiger partial charge >= 0.3 is 0 Å². The molecular formula is C19H25N3O2. The SMILES string of the molecule is CCCC(C)NC(=O)C1CCC(=O)N1Cc1c[nH]c2ccccc12. The van der Waals surface area contributed by atoms with Crippen LogP contribution in [0.15, 0.2) is 30.5 Å². The lowest BCUT2D eigenvalue weighted by Crippen LogP contribution is -2.46. The molecule has 0 spiro atoms. The fourth-order valence-corrected chi connectivity index (χ4v) is 3.49. The Morgan fingerprint density at radius 1 is 1.42 bits per heavy atom. The van der Waals surface area contributed by atoms with E-state index in [0.717, 1.165) is 29.3 Å². The van der Waals surface area contributed by atoms with Crippen molar-refractivity contribution in [3.63, 3.8) is 0 Å². The van der Waals surface area contributed by atoms with Gasteiger partial charge in [-0.3, -0.25) is 9.59 Å². The monoisotopic (exact) mass is 327 g/mol. The molecule has 1 fully saturated rings. The van der Waals surface area contributed by atoms with E-state index in [1.54, 1.807) is 4.90 Å². The van der Waals surface area contributed by atoms with Crippen LogP contribution in [0.2, 0.25) is 0 Å². The Hall–Kier alpha value is -2.30. The van der Waals surface area contributed by atoms with Crippen LogP contribution >= 0.6 is 0 Å². The van der Waals surface area contributed by atoms with Crippen molar-refractivity contribution in [2.45, 2.75) is 58.2 Å². The van der Waals surface area contributed by atoms with Crippen molar-refractivity contribution in [1.82, 2.24) is 15.2 Å². The number of amides is 2. The zero-order valence-electron chi connectivity index (χ0n) is 14.3. The average molecular weight is 327 g/mol. The number of nitrogens with zero attached hydrogens (tertiary/aromatic N) is 1. The molecule has 5 heteroatoms. The highest BCUT2D eigenvalue weighted by molar-refractivity contribution is 5.91. The molecule has 2 N–H and O–H groups in total. The van der Waals surface area contributed by atoms with E-state index in [-0.39, 0.29) is 23.9 Å². The molecular weight excluding hydrogens is 302 g/mol. The number of hydrogen-bond acceptors (Lipinski definition) is 2. The van der Waals surface area contributed by atoms with Gasteiger partial charge in [-0.05, 0) is 31.4 Å². The van der Waals surface area contributed by atoms with Gasteiger partial charge in [0.2, 0.25) is 11.8 Å². The summed E-state index contributed by atoms with van der Waals surface area (Å²) in [5.74, 6) is 0.0326. The largest absolute Gasteiger partial charge is 0.361 e. The molecule has 1 aromatic carbocycles. The van der Waals surface area contributed by atoms with Gasteiger partial charge < -0.3 is 15.2 Å². The number of rotatable bonds is 6. The van der Waals surface area contributed by atoms with Crippen LogP contribution in [0.25, 0.3) is 10.9 Å². The van der Waals surface area contributed by atoms with E-state index in [9.17, 15) is 9.59 Å². The van der Waals surface area contributed by atoms with E-state index in [2.05, 4.69) is 17.2 Å². The maximum atomic E-state index is 12.6. The van der Waals surface area contributed by atoms with Crippen LogP contribution in [0.3, 0.4) is 0 Å². The topological polar surface area (TPSA) is 65.2 Å². The summed E-state index contributed by atoms with van der Waals surface area (Å²) in [7, 11) is 0. The zero-order valence-corrected chi connectivity index (χ0v) is 14.3. The van der Waals surface area contributed by atoms with Gasteiger partial charge in [0.05, 0.1) is 0 Å². The van der Waals surface area contributed by atoms with Crippen molar-refractivity contribution in [1.29, 1.82) is 0 Å². The molecule has 2 aromatic rings. The molecule has 0 saturated carbocycles. The Kier molecular flexibility index (Phi) is 4.88. The quantitative estimate of drug-likeness (QED) is 0.856. The van der Waals surface area contributed by atoms with Gasteiger partial charge in [-0.15, -0.1) is 0 Å². The van der Waals surface area contributed by atoms with Crippen LogP contribution < -0.4 is 5.32 Å². The maximum absolute atomic E-state index is 12.6. The maximum Gasteiger partial charge on any atom is 0.243 e. The number of benzene rings is 1. The third-order valence-corrected chi connectivity index (χ3v) is 4.76. The number of fused-ring (bicyclic) bond motifs is 1. The summed E-state index contributed by atoms with van der Waals surface area (Å²) in [6.07, 6.45) is 4.97. The molecule has 1 aliphatic rings. The third-order valence-electron chi connectivity index (χ3n) is 4.76. The Bertz CT molecular complexity index is 737. The van der Waals surface area contributed by atoms with E-state index in [0.29, 0.717) is 19.4 Å². The predicted octanol–water partition coefficient (Wildman–Crippen LogP) is 2.96. The highest BCUT2D eigenvalue weighted by Crippen LogP contribution is 2.25. The molecule has 0 aliphatic carbocycles. The molecule has 2 atom stereocenters. The Balaban J connectivity index is 1.75. The van der Waals surface area contributed by atoms with E-state index in [4.69, 9.17) is 0 Å². The van der Waals surface area contributed by atoms with Gasteiger partial charge in [0, 0.05) is 36.1 Å². The lowest BCUT2D eigenvalue weighted by Gasteiger charge is -2.25. The molecule has 3 rings (SSSR count). The van der Waals surface area contributed by atoms with Crippen LogP contribution in [0.5, 0.6) is 0 Å². The van der Waals surface area contributed by atoms with Crippen LogP contribution in [0.1, 0.15) is 45.1 Å². The summed E-state index contributed by atoms with van der Waals surface area (Å²) < 4.78 is 0. The first kappa shape index (κ1) is 16.6. The van der Waals surface area contributed by atoms with Crippen molar-refractivity contribution in [3.05, 3.63) is 36.0 Å². The predicted molar refractivity (Wildman–Crippen MR) is 94.4 cm³/mol.